The van der Waals surface area contributed by atoms with Crippen molar-refractivity contribution in [1.82, 2.24) is 0 Å². The highest BCUT2D eigenvalue weighted by atomic mass is 16.6. The predicted octanol–water partition coefficient (Wildman–Crippen LogP) is 11.7. The van der Waals surface area contributed by atoms with E-state index in [2.05, 4.69) is 27.7 Å². The lowest BCUT2D eigenvalue weighted by Gasteiger charge is -2.28. The van der Waals surface area contributed by atoms with Crippen LogP contribution in [0.4, 0.5) is 0 Å². The van der Waals surface area contributed by atoms with E-state index in [1.165, 1.54) is 39.2 Å². The van der Waals surface area contributed by atoms with E-state index < -0.39 is 23.5 Å². The van der Waals surface area contributed by atoms with Gasteiger partial charge in [0.15, 0.2) is 11.5 Å². The summed E-state index contributed by atoms with van der Waals surface area (Å²) in [6.45, 7) is 24.6. The fraction of sp³-hybridized carbons (Fsp3) is 0.465. The molecule has 0 amide bonds. The highest BCUT2D eigenvalue weighted by molar-refractivity contribution is 6.16. The van der Waals surface area contributed by atoms with Crippen molar-refractivity contribution in [2.75, 3.05) is 0 Å². The van der Waals surface area contributed by atoms with Gasteiger partial charge in [0.05, 0.1) is 10.8 Å². The molecule has 0 saturated carbocycles. The van der Waals surface area contributed by atoms with Gasteiger partial charge < -0.3 is 24.1 Å². The van der Waals surface area contributed by atoms with E-state index in [1.807, 2.05) is 53.7 Å². The molecule has 0 heterocycles. The van der Waals surface area contributed by atoms with Crippen molar-refractivity contribution in [2.24, 2.45) is 5.92 Å². The number of rotatable bonds is 11. The van der Waals surface area contributed by atoms with Gasteiger partial charge in [0.25, 0.3) is 0 Å². The van der Waals surface area contributed by atoms with Crippen LogP contribution in [0.1, 0.15) is 127 Å². The van der Waals surface area contributed by atoms with Gasteiger partial charge in [-0.2, -0.15) is 0 Å². The van der Waals surface area contributed by atoms with Crippen molar-refractivity contribution in [3.8, 4) is 28.7 Å². The van der Waals surface area contributed by atoms with Crippen LogP contribution in [0, 0.1) is 5.92 Å². The maximum atomic E-state index is 12.1. The molecule has 8 nitrogen and oxygen atoms in total. The molecule has 0 aromatic heterocycles. The number of benzene rings is 4. The Balaban J connectivity index is 0.000000603. The zero-order valence-corrected chi connectivity index (χ0v) is 33.1. The second-order valence-electron chi connectivity index (χ2n) is 12.7. The van der Waals surface area contributed by atoms with Crippen LogP contribution in [0.15, 0.2) is 60.7 Å². The number of fused-ring (bicyclic) bond motifs is 2. The van der Waals surface area contributed by atoms with E-state index in [0.717, 1.165) is 18.8 Å². The molecule has 1 atom stereocenters. The Bertz CT molecular complexity index is 1700. The second kappa shape index (κ2) is 21.6. The van der Waals surface area contributed by atoms with Crippen molar-refractivity contribution >= 4 is 39.5 Å². The Kier molecular flexibility index (Phi) is 18.8. The number of phenols is 1. The van der Waals surface area contributed by atoms with E-state index >= 15 is 0 Å². The van der Waals surface area contributed by atoms with Gasteiger partial charge in [0, 0.05) is 31.5 Å². The lowest BCUT2D eigenvalue weighted by atomic mass is 9.88. The van der Waals surface area contributed by atoms with Gasteiger partial charge in [-0.3, -0.25) is 14.4 Å². The van der Waals surface area contributed by atoms with Gasteiger partial charge in [0.1, 0.15) is 22.8 Å². The molecule has 0 spiro atoms. The van der Waals surface area contributed by atoms with Crippen molar-refractivity contribution in [3.63, 3.8) is 0 Å². The van der Waals surface area contributed by atoms with Crippen LogP contribution in [0.5, 0.6) is 28.7 Å². The molecule has 1 unspecified atom stereocenters. The molecule has 280 valence electrons. The topological polar surface area (TPSA) is 108 Å². The summed E-state index contributed by atoms with van der Waals surface area (Å²) in [5.41, 5.74) is 0.810. The van der Waals surface area contributed by atoms with Crippen LogP contribution in [-0.2, 0) is 14.4 Å². The van der Waals surface area contributed by atoms with E-state index in [4.69, 9.17) is 18.9 Å². The Hall–Kier alpha value is -4.59. The molecule has 0 bridgehead atoms. The van der Waals surface area contributed by atoms with Gasteiger partial charge in [-0.25, -0.2) is 0 Å². The lowest BCUT2D eigenvalue weighted by Crippen LogP contribution is -2.28. The number of carbonyl (C=O) groups excluding carboxylic acids is 3. The monoisotopic (exact) mass is 704 g/mol. The first-order chi connectivity index (χ1) is 24.2. The standard InChI is InChI=1S/C26H28O7.C13H20O.2C2H6/c1-7-14-26(5,6)33-21-13-12-20(30-15(2)27)22-23(21)25(32-17(4)29)19-11-9-8-10-18(19)24(22)31-16(3)28;1-4-11(9-10(2)3)12-5-7-13(14)8-6-12;2*1-2/h8-13H,7,14H2,1-6H3;5-8,10-11,14H,4,9H2,1-3H3;2*1-2H3. The molecule has 4 aromatic carbocycles. The average molecular weight is 705 g/mol. The maximum Gasteiger partial charge on any atom is 0.308 e. The number of phenolic OH excluding ortho intramolecular Hbond substituents is 1. The van der Waals surface area contributed by atoms with Crippen LogP contribution >= 0.6 is 0 Å². The Morgan fingerprint density at radius 2 is 1.14 bits per heavy atom. The molecule has 0 radical (unpaired) electrons. The maximum absolute atomic E-state index is 12.1. The Morgan fingerprint density at radius 3 is 1.55 bits per heavy atom. The SMILES string of the molecule is CC.CC.CCC(CC(C)C)c1ccc(O)cc1.CCCC(C)(C)Oc1ccc(OC(C)=O)c2c(OC(C)=O)c3ccccc3c(OC(C)=O)c12. The first kappa shape index (κ1) is 44.4. The number of ether oxygens (including phenoxy) is 4. The summed E-state index contributed by atoms with van der Waals surface area (Å²) in [6, 6.07) is 17.9. The van der Waals surface area contributed by atoms with Crippen molar-refractivity contribution in [2.45, 2.75) is 127 Å². The van der Waals surface area contributed by atoms with Gasteiger partial charge in [-0.05, 0) is 74.8 Å². The summed E-state index contributed by atoms with van der Waals surface area (Å²) in [7, 11) is 0. The summed E-state index contributed by atoms with van der Waals surface area (Å²) >= 11 is 0. The number of carbonyl (C=O) groups is 3. The highest BCUT2D eigenvalue weighted by Crippen LogP contribution is 2.51. The first-order valence-electron chi connectivity index (χ1n) is 18.2. The molecule has 0 aliphatic rings. The van der Waals surface area contributed by atoms with Gasteiger partial charge in [-0.15, -0.1) is 0 Å². The number of hydrogen-bond acceptors (Lipinski definition) is 8. The third-order valence-electron chi connectivity index (χ3n) is 7.60. The highest BCUT2D eigenvalue weighted by Gasteiger charge is 2.28. The van der Waals surface area contributed by atoms with Crippen LogP contribution in [-0.4, -0.2) is 28.6 Å². The number of hydrogen-bond donors (Lipinski definition) is 1. The summed E-state index contributed by atoms with van der Waals surface area (Å²) in [6.07, 6.45) is 4.06. The van der Waals surface area contributed by atoms with Crippen LogP contribution in [0.2, 0.25) is 0 Å². The van der Waals surface area contributed by atoms with E-state index in [9.17, 15) is 19.5 Å². The fourth-order valence-corrected chi connectivity index (χ4v) is 5.79. The minimum Gasteiger partial charge on any atom is -0.508 e. The molecule has 0 aliphatic carbocycles. The van der Waals surface area contributed by atoms with E-state index in [0.29, 0.717) is 39.0 Å². The summed E-state index contributed by atoms with van der Waals surface area (Å²) in [5, 5.41) is 11.0. The third-order valence-corrected chi connectivity index (χ3v) is 7.60. The zero-order chi connectivity index (χ0) is 38.9. The largest absolute Gasteiger partial charge is 0.508 e. The third kappa shape index (κ3) is 13.2. The van der Waals surface area contributed by atoms with Gasteiger partial charge in [-0.1, -0.05) is 98.2 Å². The molecular weight excluding hydrogens is 644 g/mol. The zero-order valence-electron chi connectivity index (χ0n) is 33.1. The molecule has 8 heteroatoms. The van der Waals surface area contributed by atoms with Gasteiger partial charge >= 0.3 is 17.9 Å². The predicted molar refractivity (Wildman–Crippen MR) is 208 cm³/mol. The summed E-state index contributed by atoms with van der Waals surface area (Å²) in [4.78, 5) is 36.0. The molecule has 51 heavy (non-hydrogen) atoms. The number of esters is 3. The second-order valence-corrected chi connectivity index (χ2v) is 12.7. The first-order valence-corrected chi connectivity index (χ1v) is 18.2. The van der Waals surface area contributed by atoms with Crippen molar-refractivity contribution in [3.05, 3.63) is 66.2 Å². The lowest BCUT2D eigenvalue weighted by molar-refractivity contribution is -0.133. The summed E-state index contributed by atoms with van der Waals surface area (Å²) in [5.74, 6) is 1.10. The van der Waals surface area contributed by atoms with E-state index in [-0.39, 0.29) is 17.2 Å². The van der Waals surface area contributed by atoms with Crippen LogP contribution in [0.25, 0.3) is 21.5 Å². The smallest absolute Gasteiger partial charge is 0.308 e. The molecular formula is C43H60O8. The molecule has 0 fully saturated rings. The fourth-order valence-electron chi connectivity index (χ4n) is 5.79. The Labute approximate surface area is 305 Å². The molecule has 4 rings (SSSR count). The molecule has 0 saturated heterocycles. The Morgan fingerprint density at radius 1 is 0.686 bits per heavy atom. The van der Waals surface area contributed by atoms with Crippen molar-refractivity contribution < 1.29 is 38.4 Å². The molecule has 1 N–H and O–H groups in total. The van der Waals surface area contributed by atoms with Crippen molar-refractivity contribution in [1.29, 1.82) is 0 Å². The minimum atomic E-state index is -0.549. The quantitative estimate of drug-likeness (QED) is 0.0933. The van der Waals surface area contributed by atoms with E-state index in [1.54, 1.807) is 48.5 Å². The molecule has 4 aromatic rings. The average Bonchev–Trinajstić information content (AvgIpc) is 3.07. The number of aromatic hydroxyl groups is 1. The normalized spacial score (nSPS) is 11.2. The minimum absolute atomic E-state index is 0.161. The van der Waals surface area contributed by atoms with Crippen LogP contribution in [0.3, 0.4) is 0 Å². The molecule has 0 aliphatic heterocycles. The summed E-state index contributed by atoms with van der Waals surface area (Å²) < 4.78 is 23.1. The van der Waals surface area contributed by atoms with Gasteiger partial charge in [0.2, 0.25) is 0 Å². The van der Waals surface area contributed by atoms with Crippen LogP contribution < -0.4 is 18.9 Å².